The molecule has 1 heterocycles. The van der Waals surface area contributed by atoms with Crippen LogP contribution in [-0.4, -0.2) is 53.8 Å². The van der Waals surface area contributed by atoms with E-state index in [2.05, 4.69) is 0 Å². The highest BCUT2D eigenvalue weighted by Crippen LogP contribution is 2.40. The maximum atomic E-state index is 11.8. The lowest BCUT2D eigenvalue weighted by atomic mass is 10.1. The molecule has 1 saturated heterocycles. The summed E-state index contributed by atoms with van der Waals surface area (Å²) >= 11 is 17.2. The lowest BCUT2D eigenvalue weighted by Gasteiger charge is -2.21. The Kier molecular flexibility index (Phi) is 4.02. The number of halogens is 3. The molecule has 1 aliphatic rings. The Morgan fingerprint density at radius 1 is 1.50 bits per heavy atom. The Morgan fingerprint density at radius 3 is 2.31 bits per heavy atom. The van der Waals surface area contributed by atoms with Gasteiger partial charge in [0.2, 0.25) is 4.33 Å². The van der Waals surface area contributed by atoms with E-state index in [1.165, 1.54) is 14.1 Å². The van der Waals surface area contributed by atoms with Gasteiger partial charge in [-0.1, -0.05) is 23.2 Å². The van der Waals surface area contributed by atoms with E-state index in [4.69, 9.17) is 34.8 Å². The summed E-state index contributed by atoms with van der Waals surface area (Å²) in [5.74, 6) is -1.45. The summed E-state index contributed by atoms with van der Waals surface area (Å²) < 4.78 is 23.3. The molecule has 16 heavy (non-hydrogen) atoms. The number of hydrogen-bond donors (Lipinski definition) is 0. The van der Waals surface area contributed by atoms with E-state index < -0.39 is 26.4 Å². The zero-order valence-corrected chi connectivity index (χ0v) is 11.7. The van der Waals surface area contributed by atoms with Crippen molar-refractivity contribution in [3.8, 4) is 0 Å². The average molecular weight is 310 g/mol. The van der Waals surface area contributed by atoms with E-state index in [0.717, 1.165) is 4.31 Å². The van der Waals surface area contributed by atoms with E-state index in [1.807, 2.05) is 0 Å². The highest BCUT2D eigenvalue weighted by Gasteiger charge is 2.55. The molecule has 5 nitrogen and oxygen atoms in total. The molecule has 0 aromatic rings. The number of nitrogens with zero attached hydrogens (tertiary/aromatic N) is 2. The number of hydrogen-bond acceptors (Lipinski definition) is 3. The van der Waals surface area contributed by atoms with E-state index >= 15 is 0 Å². The fourth-order valence-corrected chi connectivity index (χ4v) is 3.48. The summed E-state index contributed by atoms with van der Waals surface area (Å²) in [4.78, 5) is 11.7. The van der Waals surface area contributed by atoms with Gasteiger partial charge in [0.1, 0.15) is 0 Å². The predicted molar refractivity (Wildman–Crippen MR) is 63.0 cm³/mol. The first-order valence-electron chi connectivity index (χ1n) is 4.34. The number of amides is 1. The summed E-state index contributed by atoms with van der Waals surface area (Å²) in [6, 6.07) is 0. The topological polar surface area (TPSA) is 57.7 Å². The van der Waals surface area contributed by atoms with Crippen LogP contribution in [0.4, 0.5) is 0 Å². The normalized spacial score (nSPS) is 25.5. The molecule has 1 unspecified atom stereocenters. The summed E-state index contributed by atoms with van der Waals surface area (Å²) in [6.45, 7) is -0.101. The third-order valence-corrected chi connectivity index (χ3v) is 5.44. The van der Waals surface area contributed by atoms with Gasteiger partial charge in [0.15, 0.2) is 0 Å². The van der Waals surface area contributed by atoms with Gasteiger partial charge in [0.05, 0.1) is 0 Å². The summed E-state index contributed by atoms with van der Waals surface area (Å²) in [6.07, 6.45) is 0. The van der Waals surface area contributed by atoms with Crippen LogP contribution in [0.1, 0.15) is 0 Å². The Morgan fingerprint density at radius 2 is 2.00 bits per heavy atom. The van der Waals surface area contributed by atoms with Crippen molar-refractivity contribution < 1.29 is 13.2 Å². The van der Waals surface area contributed by atoms with Crippen LogP contribution in [0.3, 0.4) is 0 Å². The zero-order chi connectivity index (χ0) is 12.7. The van der Waals surface area contributed by atoms with Crippen LogP contribution in [0.25, 0.3) is 0 Å². The van der Waals surface area contributed by atoms with Crippen LogP contribution in [0.5, 0.6) is 0 Å². The highest BCUT2D eigenvalue weighted by atomic mass is 35.5. The third kappa shape index (κ3) is 2.13. The van der Waals surface area contributed by atoms with Crippen molar-refractivity contribution in [1.82, 2.24) is 8.61 Å². The fraction of sp³-hybridized carbons (Fsp3) is 0.857. The lowest BCUT2D eigenvalue weighted by molar-refractivity contribution is -0.124. The predicted octanol–water partition coefficient (Wildman–Crippen LogP) is 0.664. The van der Waals surface area contributed by atoms with Gasteiger partial charge in [-0.05, 0) is 0 Å². The van der Waals surface area contributed by atoms with E-state index in [9.17, 15) is 13.2 Å². The molecule has 94 valence electrons. The van der Waals surface area contributed by atoms with Crippen molar-refractivity contribution >= 4 is 50.9 Å². The molecule has 0 aromatic carbocycles. The van der Waals surface area contributed by atoms with Gasteiger partial charge in [-0.3, -0.25) is 4.79 Å². The van der Waals surface area contributed by atoms with Crippen LogP contribution < -0.4 is 0 Å². The molecule has 1 fully saturated rings. The molecular formula is C7H11Cl3N2O3S. The van der Waals surface area contributed by atoms with Gasteiger partial charge < -0.3 is 0 Å². The standard InChI is InChI=1S/C7H11Cl3N2O3S/c1-11(2)16(14,15)12-4-5(3-8)7(9,10)6(12)13/h5H,3-4H2,1-2H3. The molecule has 0 bridgehead atoms. The number of carbonyl (C=O) groups is 1. The van der Waals surface area contributed by atoms with E-state index in [-0.39, 0.29) is 12.4 Å². The molecule has 1 amide bonds. The minimum Gasteiger partial charge on any atom is -0.270 e. The number of alkyl halides is 3. The molecule has 1 atom stereocenters. The second-order valence-corrected chi connectivity index (χ2v) is 7.36. The second kappa shape index (κ2) is 4.49. The van der Waals surface area contributed by atoms with Crippen molar-refractivity contribution in [2.45, 2.75) is 4.33 Å². The van der Waals surface area contributed by atoms with Crippen molar-refractivity contribution in [3.63, 3.8) is 0 Å². The van der Waals surface area contributed by atoms with Gasteiger partial charge >= 0.3 is 10.2 Å². The van der Waals surface area contributed by atoms with Crippen LogP contribution >= 0.6 is 34.8 Å². The molecule has 0 spiro atoms. The Balaban J connectivity index is 3.10. The summed E-state index contributed by atoms with van der Waals surface area (Å²) in [7, 11) is -1.21. The van der Waals surface area contributed by atoms with Crippen LogP contribution in [-0.2, 0) is 15.0 Å². The molecular weight excluding hydrogens is 299 g/mol. The smallest absolute Gasteiger partial charge is 0.270 e. The largest absolute Gasteiger partial charge is 0.305 e. The highest BCUT2D eigenvalue weighted by molar-refractivity contribution is 7.87. The molecule has 9 heteroatoms. The minimum absolute atomic E-state index is 0.0121. The fourth-order valence-electron chi connectivity index (χ4n) is 1.28. The number of rotatable bonds is 3. The zero-order valence-electron chi connectivity index (χ0n) is 8.65. The van der Waals surface area contributed by atoms with Crippen molar-refractivity contribution in [1.29, 1.82) is 0 Å². The molecule has 1 aliphatic heterocycles. The van der Waals surface area contributed by atoms with Gasteiger partial charge in [-0.2, -0.15) is 12.7 Å². The molecule has 0 saturated carbocycles. The SMILES string of the molecule is CN(C)S(=O)(=O)N1CC(CCl)C(Cl)(Cl)C1=O. The summed E-state index contributed by atoms with van der Waals surface area (Å²) in [5.41, 5.74) is 0. The minimum atomic E-state index is -3.85. The Bertz CT molecular complexity index is 396. The maximum Gasteiger partial charge on any atom is 0.305 e. The van der Waals surface area contributed by atoms with Crippen molar-refractivity contribution in [3.05, 3.63) is 0 Å². The molecule has 0 aromatic heterocycles. The Hall–Kier alpha value is 0.250. The molecule has 0 N–H and O–H groups in total. The van der Waals surface area contributed by atoms with Crippen LogP contribution in [0, 0.1) is 5.92 Å². The quantitative estimate of drug-likeness (QED) is 0.720. The van der Waals surface area contributed by atoms with Crippen molar-refractivity contribution in [2.24, 2.45) is 5.92 Å². The van der Waals surface area contributed by atoms with Gasteiger partial charge in [-0.25, -0.2) is 4.31 Å². The lowest BCUT2D eigenvalue weighted by Crippen LogP contribution is -2.43. The first-order valence-corrected chi connectivity index (χ1v) is 7.02. The monoisotopic (exact) mass is 308 g/mol. The summed E-state index contributed by atoms with van der Waals surface area (Å²) in [5, 5.41) is 0. The van der Waals surface area contributed by atoms with Gasteiger partial charge in [0, 0.05) is 32.4 Å². The molecule has 0 aliphatic carbocycles. The Labute approximate surface area is 109 Å². The first-order chi connectivity index (χ1) is 7.15. The average Bonchev–Trinajstić information content (AvgIpc) is 2.39. The molecule has 1 rings (SSSR count). The van der Waals surface area contributed by atoms with Gasteiger partial charge in [0.25, 0.3) is 5.91 Å². The van der Waals surface area contributed by atoms with E-state index in [1.54, 1.807) is 0 Å². The van der Waals surface area contributed by atoms with Gasteiger partial charge in [-0.15, -0.1) is 11.6 Å². The van der Waals surface area contributed by atoms with E-state index in [0.29, 0.717) is 4.31 Å². The number of carbonyl (C=O) groups excluding carboxylic acids is 1. The first kappa shape index (κ1) is 14.3. The second-order valence-electron chi connectivity index (χ2n) is 3.60. The maximum absolute atomic E-state index is 11.8. The van der Waals surface area contributed by atoms with Crippen LogP contribution in [0.2, 0.25) is 0 Å². The molecule has 0 radical (unpaired) electrons. The van der Waals surface area contributed by atoms with Crippen molar-refractivity contribution in [2.75, 3.05) is 26.5 Å². The third-order valence-electron chi connectivity index (χ3n) is 2.34. The van der Waals surface area contributed by atoms with Crippen LogP contribution in [0.15, 0.2) is 0 Å².